The highest BCUT2D eigenvalue weighted by atomic mass is 19.4. The summed E-state index contributed by atoms with van der Waals surface area (Å²) in [6.07, 6.45) is 1.20. The van der Waals surface area contributed by atoms with Gasteiger partial charge in [-0.15, -0.1) is 0 Å². The molecule has 2 N–H and O–H groups in total. The van der Waals surface area contributed by atoms with Crippen LogP contribution in [0.15, 0.2) is 24.8 Å². The van der Waals surface area contributed by atoms with Crippen molar-refractivity contribution >= 4 is 28.6 Å². The van der Waals surface area contributed by atoms with Gasteiger partial charge in [-0.25, -0.2) is 15.0 Å². The Kier molecular flexibility index (Phi) is 6.65. The Morgan fingerprint density at radius 1 is 1.31 bits per heavy atom. The third kappa shape index (κ3) is 5.40. The van der Waals surface area contributed by atoms with E-state index in [0.29, 0.717) is 34.7 Å². The van der Waals surface area contributed by atoms with E-state index in [1.807, 2.05) is 0 Å². The highest BCUT2D eigenvalue weighted by Gasteiger charge is 2.27. The third-order valence-corrected chi connectivity index (χ3v) is 5.05. The summed E-state index contributed by atoms with van der Waals surface area (Å²) in [5.74, 6) is 1.55. The minimum Gasteiger partial charge on any atom is -0.370 e. The van der Waals surface area contributed by atoms with Crippen molar-refractivity contribution in [2.24, 2.45) is 0 Å². The molecule has 1 aliphatic rings. The maximum Gasteiger partial charge on any atom is 0.411 e. The molecule has 0 spiro atoms. The first-order valence-electron chi connectivity index (χ1n) is 10.3. The molecule has 0 bridgehead atoms. The average Bonchev–Trinajstić information content (AvgIpc) is 3.20. The van der Waals surface area contributed by atoms with Crippen LogP contribution in [0.25, 0.3) is 11.0 Å². The Balaban J connectivity index is 1.63. The van der Waals surface area contributed by atoms with Crippen LogP contribution in [0, 0.1) is 0 Å². The Hall–Kier alpha value is -3.06. The van der Waals surface area contributed by atoms with Gasteiger partial charge in [0.25, 0.3) is 0 Å². The van der Waals surface area contributed by atoms with Gasteiger partial charge in [-0.1, -0.05) is 6.92 Å². The van der Waals surface area contributed by atoms with Crippen molar-refractivity contribution in [3.05, 3.63) is 24.8 Å². The third-order valence-electron chi connectivity index (χ3n) is 5.05. The number of alkyl halides is 3. The minimum atomic E-state index is -4.37. The van der Waals surface area contributed by atoms with Gasteiger partial charge in [0, 0.05) is 31.9 Å². The second kappa shape index (κ2) is 9.61. The van der Waals surface area contributed by atoms with Crippen LogP contribution in [0.1, 0.15) is 13.3 Å². The summed E-state index contributed by atoms with van der Waals surface area (Å²) in [7, 11) is 0. The number of ether oxygens (including phenoxy) is 1. The van der Waals surface area contributed by atoms with Crippen LogP contribution in [0.4, 0.5) is 30.8 Å². The van der Waals surface area contributed by atoms with Crippen molar-refractivity contribution in [3.63, 3.8) is 0 Å². The quantitative estimate of drug-likeness (QED) is 0.498. The number of halogens is 3. The van der Waals surface area contributed by atoms with E-state index >= 15 is 0 Å². The van der Waals surface area contributed by atoms with E-state index in [2.05, 4.69) is 42.5 Å². The van der Waals surface area contributed by atoms with Crippen molar-refractivity contribution in [3.8, 4) is 0 Å². The number of fused-ring (bicyclic) bond motifs is 1. The molecule has 0 unspecified atom stereocenters. The molecule has 1 aliphatic heterocycles. The largest absolute Gasteiger partial charge is 0.411 e. The molecule has 1 saturated heterocycles. The molecule has 0 amide bonds. The summed E-state index contributed by atoms with van der Waals surface area (Å²) < 4.78 is 43.3. The van der Waals surface area contributed by atoms with Gasteiger partial charge in [0.2, 0.25) is 5.95 Å². The summed E-state index contributed by atoms with van der Waals surface area (Å²) in [5.41, 5.74) is 1.14. The lowest BCUT2D eigenvalue weighted by Gasteiger charge is -2.33. The molecular weight excluding hydrogens is 427 g/mol. The van der Waals surface area contributed by atoms with Crippen LogP contribution in [0.3, 0.4) is 0 Å². The Morgan fingerprint density at radius 2 is 2.19 bits per heavy atom. The molecular formula is C19H24F3N9O. The SMILES string of the molecule is CC[C@@H]1CN(c2nc(Nc3ccncn3)c3c(cnn3CCOCC(F)(F)F)n2)CCN1. The van der Waals surface area contributed by atoms with E-state index in [0.717, 1.165) is 26.1 Å². The molecule has 1 atom stereocenters. The summed E-state index contributed by atoms with van der Waals surface area (Å²) in [5, 5.41) is 10.9. The predicted molar refractivity (Wildman–Crippen MR) is 112 cm³/mol. The maximum absolute atomic E-state index is 12.4. The number of aromatic nitrogens is 6. The summed E-state index contributed by atoms with van der Waals surface area (Å²) in [4.78, 5) is 19.6. The molecule has 1 fully saturated rings. The highest BCUT2D eigenvalue weighted by Crippen LogP contribution is 2.26. The first-order valence-corrected chi connectivity index (χ1v) is 10.3. The highest BCUT2D eigenvalue weighted by molar-refractivity contribution is 5.88. The van der Waals surface area contributed by atoms with Crippen molar-refractivity contribution in [1.82, 2.24) is 35.0 Å². The van der Waals surface area contributed by atoms with E-state index in [-0.39, 0.29) is 13.2 Å². The van der Waals surface area contributed by atoms with Gasteiger partial charge >= 0.3 is 6.18 Å². The number of hydrogen-bond acceptors (Lipinski definition) is 9. The summed E-state index contributed by atoms with van der Waals surface area (Å²) in [6.45, 7) is 3.14. The molecule has 0 saturated carbocycles. The van der Waals surface area contributed by atoms with Gasteiger partial charge in [-0.05, 0) is 12.5 Å². The van der Waals surface area contributed by atoms with Gasteiger partial charge < -0.3 is 20.3 Å². The molecule has 3 aromatic rings. The zero-order chi connectivity index (χ0) is 22.6. The molecule has 32 heavy (non-hydrogen) atoms. The predicted octanol–water partition coefficient (Wildman–Crippen LogP) is 2.13. The lowest BCUT2D eigenvalue weighted by Crippen LogP contribution is -2.51. The van der Waals surface area contributed by atoms with Crippen molar-refractivity contribution in [2.45, 2.75) is 32.1 Å². The lowest BCUT2D eigenvalue weighted by atomic mass is 10.2. The van der Waals surface area contributed by atoms with Crippen LogP contribution in [0.5, 0.6) is 0 Å². The van der Waals surface area contributed by atoms with Gasteiger partial charge in [-0.3, -0.25) is 4.68 Å². The zero-order valence-electron chi connectivity index (χ0n) is 17.5. The molecule has 10 nitrogen and oxygen atoms in total. The molecule has 0 aliphatic carbocycles. The number of nitrogens with zero attached hydrogens (tertiary/aromatic N) is 7. The molecule has 172 valence electrons. The van der Waals surface area contributed by atoms with Crippen molar-refractivity contribution in [1.29, 1.82) is 0 Å². The summed E-state index contributed by atoms with van der Waals surface area (Å²) >= 11 is 0. The van der Waals surface area contributed by atoms with E-state index in [1.54, 1.807) is 18.5 Å². The number of hydrogen-bond donors (Lipinski definition) is 2. The van der Waals surface area contributed by atoms with E-state index in [1.165, 1.54) is 11.0 Å². The van der Waals surface area contributed by atoms with E-state index < -0.39 is 12.8 Å². The van der Waals surface area contributed by atoms with Crippen molar-refractivity contribution < 1.29 is 17.9 Å². The van der Waals surface area contributed by atoms with Crippen LogP contribution in [-0.4, -0.2) is 74.8 Å². The fraction of sp³-hybridized carbons (Fsp3) is 0.526. The lowest BCUT2D eigenvalue weighted by molar-refractivity contribution is -0.174. The minimum absolute atomic E-state index is 0.117. The van der Waals surface area contributed by atoms with Crippen LogP contribution >= 0.6 is 0 Å². The second-order valence-corrected chi connectivity index (χ2v) is 7.37. The average molecular weight is 451 g/mol. The maximum atomic E-state index is 12.4. The Labute approximate surface area is 182 Å². The van der Waals surface area contributed by atoms with Crippen LogP contribution in [-0.2, 0) is 11.3 Å². The Morgan fingerprint density at radius 3 is 2.94 bits per heavy atom. The zero-order valence-corrected chi connectivity index (χ0v) is 17.5. The normalized spacial score (nSPS) is 17.1. The topological polar surface area (TPSA) is 106 Å². The molecule has 0 aromatic carbocycles. The number of piperazine rings is 1. The fourth-order valence-corrected chi connectivity index (χ4v) is 3.49. The van der Waals surface area contributed by atoms with Crippen molar-refractivity contribution in [2.75, 3.05) is 43.1 Å². The molecule has 4 heterocycles. The first kappa shape index (κ1) is 22.1. The van der Waals surface area contributed by atoms with Gasteiger partial charge in [-0.2, -0.15) is 23.3 Å². The smallest absolute Gasteiger partial charge is 0.370 e. The number of nitrogens with one attached hydrogen (secondary N) is 2. The van der Waals surface area contributed by atoms with Gasteiger partial charge in [0.1, 0.15) is 29.8 Å². The molecule has 13 heteroatoms. The standard InChI is InChI=1S/C19H24F3N9O/c1-2-13-10-30(6-5-24-13)18-27-14-9-26-31(7-8-32-11-19(20,21)22)16(14)17(29-18)28-15-3-4-23-12-25-15/h3-4,9,12-13,24H,2,5-8,10-11H2,1H3,(H,23,25,27,28,29)/t13-/m1/s1. The monoisotopic (exact) mass is 451 g/mol. The van der Waals surface area contributed by atoms with Crippen LogP contribution < -0.4 is 15.5 Å². The Bertz CT molecular complexity index is 1030. The van der Waals surface area contributed by atoms with Crippen LogP contribution in [0.2, 0.25) is 0 Å². The second-order valence-electron chi connectivity index (χ2n) is 7.37. The summed E-state index contributed by atoms with van der Waals surface area (Å²) in [6, 6.07) is 2.04. The van der Waals surface area contributed by atoms with Gasteiger partial charge in [0.05, 0.1) is 19.3 Å². The molecule has 4 rings (SSSR count). The van der Waals surface area contributed by atoms with E-state index in [9.17, 15) is 13.2 Å². The molecule has 0 radical (unpaired) electrons. The molecule has 3 aromatic heterocycles. The van der Waals surface area contributed by atoms with E-state index in [4.69, 9.17) is 9.72 Å². The fourth-order valence-electron chi connectivity index (χ4n) is 3.49. The first-order chi connectivity index (χ1) is 15.4. The number of anilines is 3. The van der Waals surface area contributed by atoms with Gasteiger partial charge in [0.15, 0.2) is 5.82 Å². The number of rotatable bonds is 8.